The van der Waals surface area contributed by atoms with Gasteiger partial charge in [0.25, 0.3) is 6.43 Å². The maximum Gasteiger partial charge on any atom is 0.267 e. The van der Waals surface area contributed by atoms with E-state index in [4.69, 9.17) is 4.74 Å². The molecule has 1 N–H and O–H groups in total. The average Bonchev–Trinajstić information content (AvgIpc) is 2.38. The van der Waals surface area contributed by atoms with Gasteiger partial charge in [0.05, 0.1) is 12.2 Å². The van der Waals surface area contributed by atoms with Crippen LogP contribution in [0.3, 0.4) is 0 Å². The van der Waals surface area contributed by atoms with E-state index in [0.29, 0.717) is 18.3 Å². The number of rotatable bonds is 4. The van der Waals surface area contributed by atoms with Gasteiger partial charge in [-0.2, -0.15) is 0 Å². The van der Waals surface area contributed by atoms with Crippen LogP contribution in [0.4, 0.5) is 8.78 Å². The Morgan fingerprint density at radius 2 is 1.94 bits per heavy atom. The molecule has 1 aliphatic heterocycles. The quantitative estimate of drug-likeness (QED) is 0.875. The second-order valence-corrected chi connectivity index (χ2v) is 4.34. The average molecular weight is 241 g/mol. The molecule has 1 heterocycles. The summed E-state index contributed by atoms with van der Waals surface area (Å²) in [7, 11) is 0. The van der Waals surface area contributed by atoms with E-state index in [1.807, 2.05) is 0 Å². The third-order valence-electron chi connectivity index (χ3n) is 3.09. The van der Waals surface area contributed by atoms with E-state index >= 15 is 0 Å². The minimum atomic E-state index is -2.47. The van der Waals surface area contributed by atoms with E-state index in [1.165, 1.54) is 6.07 Å². The zero-order valence-electron chi connectivity index (χ0n) is 9.66. The van der Waals surface area contributed by atoms with Crippen LogP contribution >= 0.6 is 0 Å². The van der Waals surface area contributed by atoms with Crippen LogP contribution in [0.5, 0.6) is 5.75 Å². The van der Waals surface area contributed by atoms with Gasteiger partial charge in [0, 0.05) is 0 Å². The summed E-state index contributed by atoms with van der Waals surface area (Å²) in [5.41, 5.74) is -0.0126. The molecule has 0 radical (unpaired) electrons. The summed E-state index contributed by atoms with van der Waals surface area (Å²) in [4.78, 5) is 0. The highest BCUT2D eigenvalue weighted by atomic mass is 19.3. The number of piperidine rings is 1. The number of hydrogen-bond donors (Lipinski definition) is 1. The minimum absolute atomic E-state index is 0.0126. The first-order chi connectivity index (χ1) is 8.27. The van der Waals surface area contributed by atoms with Crippen molar-refractivity contribution in [1.82, 2.24) is 5.32 Å². The molecule has 0 atom stereocenters. The summed E-state index contributed by atoms with van der Waals surface area (Å²) in [5.74, 6) is 0.794. The van der Waals surface area contributed by atoms with Crippen LogP contribution in [-0.4, -0.2) is 19.7 Å². The van der Waals surface area contributed by atoms with Gasteiger partial charge in [-0.05, 0) is 44.0 Å². The molecule has 0 saturated carbocycles. The molecule has 1 aliphatic rings. The lowest BCUT2D eigenvalue weighted by atomic mass is 9.99. The molecule has 1 saturated heterocycles. The summed E-state index contributed by atoms with van der Waals surface area (Å²) in [6, 6.07) is 6.37. The molecule has 0 amide bonds. The van der Waals surface area contributed by atoms with Crippen molar-refractivity contribution in [3.05, 3.63) is 29.8 Å². The Balaban J connectivity index is 1.93. The standard InChI is InChI=1S/C13H17F2NO/c14-13(15)11-3-1-2-4-12(11)17-9-10-5-7-16-8-6-10/h1-4,10,13,16H,5-9H2. The van der Waals surface area contributed by atoms with E-state index in [2.05, 4.69) is 5.32 Å². The van der Waals surface area contributed by atoms with Crippen molar-refractivity contribution in [3.63, 3.8) is 0 Å². The van der Waals surface area contributed by atoms with Crippen molar-refractivity contribution in [2.45, 2.75) is 19.3 Å². The predicted octanol–water partition coefficient (Wildman–Crippen LogP) is 3.00. The Morgan fingerprint density at radius 1 is 1.24 bits per heavy atom. The Labute approximate surface area is 100.0 Å². The molecular weight excluding hydrogens is 224 g/mol. The topological polar surface area (TPSA) is 21.3 Å². The molecule has 2 rings (SSSR count). The smallest absolute Gasteiger partial charge is 0.267 e. The molecule has 0 aliphatic carbocycles. The third kappa shape index (κ3) is 3.40. The van der Waals surface area contributed by atoms with Gasteiger partial charge in [-0.25, -0.2) is 8.78 Å². The summed E-state index contributed by atoms with van der Waals surface area (Å²) >= 11 is 0. The molecule has 0 spiro atoms. The number of hydrogen-bond acceptors (Lipinski definition) is 2. The molecule has 0 bridgehead atoms. The van der Waals surface area contributed by atoms with Crippen molar-refractivity contribution < 1.29 is 13.5 Å². The molecule has 1 aromatic rings. The fourth-order valence-corrected chi connectivity index (χ4v) is 2.05. The lowest BCUT2D eigenvalue weighted by Crippen LogP contribution is -2.30. The summed E-state index contributed by atoms with van der Waals surface area (Å²) in [5, 5.41) is 3.27. The normalized spacial score (nSPS) is 17.4. The highest BCUT2D eigenvalue weighted by Crippen LogP contribution is 2.29. The molecule has 1 aromatic carbocycles. The van der Waals surface area contributed by atoms with Crippen LogP contribution in [-0.2, 0) is 0 Å². The Hall–Kier alpha value is -1.16. The molecule has 4 heteroatoms. The van der Waals surface area contributed by atoms with Crippen molar-refractivity contribution in [3.8, 4) is 5.75 Å². The van der Waals surface area contributed by atoms with Gasteiger partial charge in [0.15, 0.2) is 0 Å². The second-order valence-electron chi connectivity index (χ2n) is 4.34. The maximum absolute atomic E-state index is 12.7. The van der Waals surface area contributed by atoms with E-state index in [-0.39, 0.29) is 5.56 Å². The van der Waals surface area contributed by atoms with Gasteiger partial charge < -0.3 is 10.1 Å². The van der Waals surface area contributed by atoms with Crippen LogP contribution in [0.1, 0.15) is 24.8 Å². The number of benzene rings is 1. The van der Waals surface area contributed by atoms with Crippen molar-refractivity contribution in [2.24, 2.45) is 5.92 Å². The number of para-hydroxylation sites is 1. The highest BCUT2D eigenvalue weighted by Gasteiger charge is 2.17. The van der Waals surface area contributed by atoms with Crippen molar-refractivity contribution in [2.75, 3.05) is 19.7 Å². The Bertz CT molecular complexity index is 351. The third-order valence-corrected chi connectivity index (χ3v) is 3.09. The minimum Gasteiger partial charge on any atom is -0.493 e. The highest BCUT2D eigenvalue weighted by molar-refractivity contribution is 5.34. The van der Waals surface area contributed by atoms with Gasteiger partial charge in [-0.15, -0.1) is 0 Å². The molecule has 0 unspecified atom stereocenters. The molecule has 94 valence electrons. The molecule has 2 nitrogen and oxygen atoms in total. The molecule has 17 heavy (non-hydrogen) atoms. The SMILES string of the molecule is FC(F)c1ccccc1OCC1CCNCC1. The predicted molar refractivity (Wildman–Crippen MR) is 62.5 cm³/mol. The Kier molecular flexibility index (Phi) is 4.31. The summed E-state index contributed by atoms with van der Waals surface area (Å²) < 4.78 is 30.9. The van der Waals surface area contributed by atoms with E-state index in [0.717, 1.165) is 25.9 Å². The first-order valence-corrected chi connectivity index (χ1v) is 5.98. The van der Waals surface area contributed by atoms with Crippen molar-refractivity contribution >= 4 is 0 Å². The molecular formula is C13H17F2NO. The van der Waals surface area contributed by atoms with Crippen LogP contribution in [0, 0.1) is 5.92 Å². The van der Waals surface area contributed by atoms with Crippen LogP contribution in [0.2, 0.25) is 0 Å². The monoisotopic (exact) mass is 241 g/mol. The zero-order chi connectivity index (χ0) is 12.1. The van der Waals surface area contributed by atoms with E-state index < -0.39 is 6.43 Å². The van der Waals surface area contributed by atoms with Crippen LogP contribution < -0.4 is 10.1 Å². The van der Waals surface area contributed by atoms with Gasteiger partial charge in [0.1, 0.15) is 5.75 Å². The van der Waals surface area contributed by atoms with Crippen LogP contribution in [0.25, 0.3) is 0 Å². The van der Waals surface area contributed by atoms with Gasteiger partial charge >= 0.3 is 0 Å². The summed E-state index contributed by atoms with van der Waals surface area (Å²) in [6.07, 6.45) is -0.368. The fourth-order valence-electron chi connectivity index (χ4n) is 2.05. The lowest BCUT2D eigenvalue weighted by Gasteiger charge is -2.23. The second kappa shape index (κ2) is 5.96. The lowest BCUT2D eigenvalue weighted by molar-refractivity contribution is 0.141. The number of halogens is 2. The van der Waals surface area contributed by atoms with Gasteiger partial charge in [-0.3, -0.25) is 0 Å². The van der Waals surface area contributed by atoms with Crippen molar-refractivity contribution in [1.29, 1.82) is 0 Å². The number of alkyl halides is 2. The Morgan fingerprint density at radius 3 is 2.65 bits per heavy atom. The van der Waals surface area contributed by atoms with Gasteiger partial charge in [-0.1, -0.05) is 12.1 Å². The molecule has 1 fully saturated rings. The maximum atomic E-state index is 12.7. The van der Waals surface area contributed by atoms with E-state index in [1.54, 1.807) is 18.2 Å². The van der Waals surface area contributed by atoms with E-state index in [9.17, 15) is 8.78 Å². The summed E-state index contributed by atoms with van der Waals surface area (Å²) in [6.45, 7) is 2.51. The number of nitrogens with one attached hydrogen (secondary N) is 1. The number of ether oxygens (including phenoxy) is 1. The van der Waals surface area contributed by atoms with Crippen LogP contribution in [0.15, 0.2) is 24.3 Å². The zero-order valence-corrected chi connectivity index (χ0v) is 9.66. The first kappa shape index (κ1) is 12.3. The largest absolute Gasteiger partial charge is 0.493 e. The first-order valence-electron chi connectivity index (χ1n) is 5.98. The fraction of sp³-hybridized carbons (Fsp3) is 0.538. The molecule has 0 aromatic heterocycles. The van der Waals surface area contributed by atoms with Gasteiger partial charge in [0.2, 0.25) is 0 Å².